The standard InChI is InChI=1S/C8H9F2N/c1-6-7(5-8(9)10)3-2-4-11-6/h2-4,8H,5H2,1H3. The zero-order chi connectivity index (χ0) is 8.27. The molecule has 1 nitrogen and oxygen atoms in total. The Morgan fingerprint density at radius 1 is 1.55 bits per heavy atom. The molecule has 0 saturated heterocycles. The van der Waals surface area contributed by atoms with E-state index in [9.17, 15) is 8.78 Å². The largest absolute Gasteiger partial charge is 0.261 e. The van der Waals surface area contributed by atoms with Crippen LogP contribution in [0.15, 0.2) is 18.3 Å². The van der Waals surface area contributed by atoms with Crippen molar-refractivity contribution in [2.45, 2.75) is 19.8 Å². The van der Waals surface area contributed by atoms with Crippen LogP contribution >= 0.6 is 0 Å². The van der Waals surface area contributed by atoms with E-state index in [0.717, 1.165) is 0 Å². The van der Waals surface area contributed by atoms with Gasteiger partial charge in [-0.25, -0.2) is 8.78 Å². The third kappa shape index (κ3) is 2.26. The Bertz CT molecular complexity index is 235. The van der Waals surface area contributed by atoms with Gasteiger partial charge in [-0.1, -0.05) is 6.07 Å². The highest BCUT2D eigenvalue weighted by molar-refractivity contribution is 5.18. The molecule has 3 heteroatoms. The molecule has 0 unspecified atom stereocenters. The lowest BCUT2D eigenvalue weighted by Gasteiger charge is -2.01. The van der Waals surface area contributed by atoms with Crippen molar-refractivity contribution in [1.29, 1.82) is 0 Å². The van der Waals surface area contributed by atoms with Gasteiger partial charge >= 0.3 is 0 Å². The summed E-state index contributed by atoms with van der Waals surface area (Å²) in [6, 6.07) is 3.35. The van der Waals surface area contributed by atoms with Gasteiger partial charge in [0.05, 0.1) is 0 Å². The van der Waals surface area contributed by atoms with Crippen molar-refractivity contribution in [3.8, 4) is 0 Å². The van der Waals surface area contributed by atoms with Crippen molar-refractivity contribution in [2.75, 3.05) is 0 Å². The van der Waals surface area contributed by atoms with Gasteiger partial charge < -0.3 is 0 Å². The number of pyridine rings is 1. The number of aryl methyl sites for hydroxylation is 1. The smallest absolute Gasteiger partial charge is 0.242 e. The van der Waals surface area contributed by atoms with E-state index in [2.05, 4.69) is 4.98 Å². The molecule has 0 amide bonds. The van der Waals surface area contributed by atoms with Crippen LogP contribution in [0.25, 0.3) is 0 Å². The second-order valence-electron chi connectivity index (χ2n) is 2.34. The van der Waals surface area contributed by atoms with E-state index >= 15 is 0 Å². The maximum absolute atomic E-state index is 11.9. The van der Waals surface area contributed by atoms with E-state index in [1.54, 1.807) is 25.3 Å². The number of aromatic nitrogens is 1. The second-order valence-corrected chi connectivity index (χ2v) is 2.34. The molecule has 0 aliphatic rings. The highest BCUT2D eigenvalue weighted by Crippen LogP contribution is 2.09. The summed E-state index contributed by atoms with van der Waals surface area (Å²) >= 11 is 0. The Morgan fingerprint density at radius 2 is 2.27 bits per heavy atom. The molecule has 0 aromatic carbocycles. The van der Waals surface area contributed by atoms with E-state index in [4.69, 9.17) is 0 Å². The fourth-order valence-electron chi connectivity index (χ4n) is 0.900. The third-order valence-corrected chi connectivity index (χ3v) is 1.49. The third-order valence-electron chi connectivity index (χ3n) is 1.49. The first-order valence-electron chi connectivity index (χ1n) is 3.39. The Kier molecular flexibility index (Phi) is 2.52. The van der Waals surface area contributed by atoms with Gasteiger partial charge in [0.15, 0.2) is 0 Å². The van der Waals surface area contributed by atoms with Gasteiger partial charge in [0.1, 0.15) is 0 Å². The highest BCUT2D eigenvalue weighted by Gasteiger charge is 2.06. The quantitative estimate of drug-likeness (QED) is 0.641. The van der Waals surface area contributed by atoms with Crippen molar-refractivity contribution >= 4 is 0 Å². The summed E-state index contributed by atoms with van der Waals surface area (Å²) in [7, 11) is 0. The molecule has 0 bridgehead atoms. The molecule has 0 saturated carbocycles. The first kappa shape index (κ1) is 8.11. The van der Waals surface area contributed by atoms with Crippen LogP contribution in [0.1, 0.15) is 11.3 Å². The SMILES string of the molecule is Cc1ncccc1CC(F)F. The molecule has 1 aromatic heterocycles. The van der Waals surface area contributed by atoms with Gasteiger partial charge in [0.2, 0.25) is 6.43 Å². The highest BCUT2D eigenvalue weighted by atomic mass is 19.3. The van der Waals surface area contributed by atoms with Gasteiger partial charge in [-0.15, -0.1) is 0 Å². The van der Waals surface area contributed by atoms with Crippen LogP contribution in [-0.4, -0.2) is 11.4 Å². The van der Waals surface area contributed by atoms with Crippen molar-refractivity contribution in [2.24, 2.45) is 0 Å². The molecule has 0 N–H and O–H groups in total. The van der Waals surface area contributed by atoms with Crippen LogP contribution in [0.3, 0.4) is 0 Å². The van der Waals surface area contributed by atoms with Crippen LogP contribution < -0.4 is 0 Å². The normalized spacial score (nSPS) is 10.5. The average Bonchev–Trinajstić information content (AvgIpc) is 1.93. The summed E-state index contributed by atoms with van der Waals surface area (Å²) in [5.41, 5.74) is 1.32. The number of alkyl halides is 2. The van der Waals surface area contributed by atoms with Crippen LogP contribution in [0.2, 0.25) is 0 Å². The number of hydrogen-bond acceptors (Lipinski definition) is 1. The molecule has 60 valence electrons. The molecule has 1 rings (SSSR count). The number of rotatable bonds is 2. The first-order valence-corrected chi connectivity index (χ1v) is 3.39. The molecule has 0 atom stereocenters. The molecule has 0 spiro atoms. The Morgan fingerprint density at radius 3 is 2.82 bits per heavy atom. The minimum absolute atomic E-state index is 0.195. The van der Waals surface area contributed by atoms with E-state index in [-0.39, 0.29) is 6.42 Å². The minimum Gasteiger partial charge on any atom is -0.261 e. The Balaban J connectivity index is 2.78. The lowest BCUT2D eigenvalue weighted by Crippen LogP contribution is -1.99. The summed E-state index contributed by atoms with van der Waals surface area (Å²) in [4.78, 5) is 3.90. The van der Waals surface area contributed by atoms with Crippen LogP contribution in [-0.2, 0) is 6.42 Å². The lowest BCUT2D eigenvalue weighted by molar-refractivity contribution is 0.148. The van der Waals surface area contributed by atoms with E-state index in [1.807, 2.05) is 0 Å². The summed E-state index contributed by atoms with van der Waals surface area (Å²) in [6.07, 6.45) is -0.873. The molecule has 0 fully saturated rings. The van der Waals surface area contributed by atoms with Gasteiger partial charge in [0.25, 0.3) is 0 Å². The van der Waals surface area contributed by atoms with Gasteiger partial charge in [-0.05, 0) is 18.6 Å². The van der Waals surface area contributed by atoms with Crippen molar-refractivity contribution in [1.82, 2.24) is 4.98 Å². The van der Waals surface area contributed by atoms with Crippen molar-refractivity contribution < 1.29 is 8.78 Å². The van der Waals surface area contributed by atoms with E-state index < -0.39 is 6.43 Å². The predicted octanol–water partition coefficient (Wildman–Crippen LogP) is 2.20. The van der Waals surface area contributed by atoms with Crippen LogP contribution in [0, 0.1) is 6.92 Å². The van der Waals surface area contributed by atoms with Crippen LogP contribution in [0.4, 0.5) is 8.78 Å². The number of halogens is 2. The number of nitrogens with zero attached hydrogens (tertiary/aromatic N) is 1. The monoisotopic (exact) mass is 157 g/mol. The minimum atomic E-state index is -2.28. The first-order chi connectivity index (χ1) is 5.20. The Hall–Kier alpha value is -0.990. The summed E-state index contributed by atoms with van der Waals surface area (Å²) < 4.78 is 23.7. The summed E-state index contributed by atoms with van der Waals surface area (Å²) in [6.45, 7) is 1.73. The van der Waals surface area contributed by atoms with Crippen molar-refractivity contribution in [3.05, 3.63) is 29.6 Å². The predicted molar refractivity (Wildman–Crippen MR) is 38.7 cm³/mol. The van der Waals surface area contributed by atoms with E-state index in [0.29, 0.717) is 11.3 Å². The maximum atomic E-state index is 11.9. The second kappa shape index (κ2) is 3.42. The van der Waals surface area contributed by atoms with Crippen molar-refractivity contribution in [3.63, 3.8) is 0 Å². The van der Waals surface area contributed by atoms with Crippen LogP contribution in [0.5, 0.6) is 0 Å². The summed E-state index contributed by atoms with van der Waals surface area (Å²) in [5.74, 6) is 0. The summed E-state index contributed by atoms with van der Waals surface area (Å²) in [5, 5.41) is 0. The van der Waals surface area contributed by atoms with Gasteiger partial charge in [-0.3, -0.25) is 4.98 Å². The topological polar surface area (TPSA) is 12.9 Å². The molecular formula is C8H9F2N. The molecule has 0 radical (unpaired) electrons. The average molecular weight is 157 g/mol. The van der Waals surface area contributed by atoms with Gasteiger partial charge in [0, 0.05) is 18.3 Å². The lowest BCUT2D eigenvalue weighted by atomic mass is 10.1. The zero-order valence-electron chi connectivity index (χ0n) is 6.22. The maximum Gasteiger partial charge on any atom is 0.242 e. The fourth-order valence-corrected chi connectivity index (χ4v) is 0.900. The molecule has 1 aromatic rings. The molecule has 11 heavy (non-hydrogen) atoms. The van der Waals surface area contributed by atoms with E-state index in [1.165, 1.54) is 0 Å². The zero-order valence-corrected chi connectivity index (χ0v) is 6.22. The fraction of sp³-hybridized carbons (Fsp3) is 0.375. The number of hydrogen-bond donors (Lipinski definition) is 0. The molecule has 0 aliphatic heterocycles. The Labute approximate surface area is 64.1 Å². The molecular weight excluding hydrogens is 148 g/mol. The molecule has 1 heterocycles. The molecule has 0 aliphatic carbocycles. The van der Waals surface area contributed by atoms with Gasteiger partial charge in [-0.2, -0.15) is 0 Å².